The molecule has 0 radical (unpaired) electrons. The van der Waals surface area contributed by atoms with Gasteiger partial charge in [0.25, 0.3) is 0 Å². The Kier molecular flexibility index (Phi) is 6.97. The van der Waals surface area contributed by atoms with Crippen molar-refractivity contribution < 1.29 is 8.78 Å². The fourth-order valence-electron chi connectivity index (χ4n) is 3.95. The lowest BCUT2D eigenvalue weighted by Gasteiger charge is -2.40. The largest absolute Gasteiger partial charge is 0.328 e. The summed E-state index contributed by atoms with van der Waals surface area (Å²) in [6, 6.07) is 4.47. The monoisotopic (exact) mass is 324 g/mol. The van der Waals surface area contributed by atoms with E-state index in [1.54, 1.807) is 6.92 Å². The third kappa shape index (κ3) is 6.19. The van der Waals surface area contributed by atoms with E-state index in [9.17, 15) is 8.78 Å². The Hall–Kier alpha value is -1.00. The van der Waals surface area contributed by atoms with E-state index in [1.807, 2.05) is 0 Å². The Morgan fingerprint density at radius 3 is 2.30 bits per heavy atom. The SMILES string of the molecule is CC(N)CC1CC2CCCCC2CN1.Cc1cc(F)cc(F)c1. The highest BCUT2D eigenvalue weighted by atomic mass is 19.1. The van der Waals surface area contributed by atoms with E-state index in [-0.39, 0.29) is 0 Å². The van der Waals surface area contributed by atoms with Crippen LogP contribution in [0.5, 0.6) is 0 Å². The lowest BCUT2D eigenvalue weighted by Crippen LogP contribution is -2.46. The Morgan fingerprint density at radius 2 is 1.74 bits per heavy atom. The first kappa shape index (κ1) is 18.3. The smallest absolute Gasteiger partial charge is 0.126 e. The molecule has 3 rings (SSSR count). The van der Waals surface area contributed by atoms with Crippen LogP contribution in [0.15, 0.2) is 18.2 Å². The van der Waals surface area contributed by atoms with Crippen LogP contribution in [0.4, 0.5) is 8.78 Å². The minimum absolute atomic E-state index is 0.354. The Labute approximate surface area is 138 Å². The average molecular weight is 324 g/mol. The summed E-state index contributed by atoms with van der Waals surface area (Å²) >= 11 is 0. The van der Waals surface area contributed by atoms with Crippen molar-refractivity contribution in [2.45, 2.75) is 64.5 Å². The highest BCUT2D eigenvalue weighted by molar-refractivity contribution is 5.15. The minimum atomic E-state index is -0.521. The van der Waals surface area contributed by atoms with Crippen LogP contribution >= 0.6 is 0 Å². The Morgan fingerprint density at radius 1 is 1.13 bits per heavy atom. The summed E-state index contributed by atoms with van der Waals surface area (Å²) < 4.78 is 24.4. The van der Waals surface area contributed by atoms with Gasteiger partial charge in [-0.1, -0.05) is 19.3 Å². The summed E-state index contributed by atoms with van der Waals surface area (Å²) in [5.41, 5.74) is 6.46. The van der Waals surface area contributed by atoms with Crippen LogP contribution < -0.4 is 11.1 Å². The van der Waals surface area contributed by atoms with Crippen LogP contribution in [0.3, 0.4) is 0 Å². The molecule has 0 aromatic heterocycles. The molecule has 1 aromatic rings. The molecule has 2 fully saturated rings. The van der Waals surface area contributed by atoms with E-state index in [4.69, 9.17) is 5.73 Å². The zero-order chi connectivity index (χ0) is 16.8. The lowest BCUT2D eigenvalue weighted by molar-refractivity contribution is 0.148. The molecule has 3 N–H and O–H groups in total. The zero-order valence-electron chi connectivity index (χ0n) is 14.3. The van der Waals surface area contributed by atoms with Crippen molar-refractivity contribution in [2.24, 2.45) is 17.6 Å². The highest BCUT2D eigenvalue weighted by Crippen LogP contribution is 2.35. The second-order valence-corrected chi connectivity index (χ2v) is 7.31. The van der Waals surface area contributed by atoms with Gasteiger partial charge in [0.2, 0.25) is 0 Å². The number of benzene rings is 1. The van der Waals surface area contributed by atoms with Crippen molar-refractivity contribution in [1.82, 2.24) is 5.32 Å². The van der Waals surface area contributed by atoms with E-state index in [0.717, 1.165) is 24.3 Å². The van der Waals surface area contributed by atoms with Gasteiger partial charge in [-0.25, -0.2) is 8.78 Å². The standard InChI is InChI=1S/C12H24N2.C7H6F2/c1-9(13)6-12-7-10-4-2-3-5-11(10)8-14-12;1-5-2-6(8)4-7(9)3-5/h9-12,14H,2-8,13H2,1H3;2-4H,1H3. The van der Waals surface area contributed by atoms with E-state index in [2.05, 4.69) is 12.2 Å². The third-order valence-electron chi connectivity index (χ3n) is 4.99. The fraction of sp³-hybridized carbons (Fsp3) is 0.684. The van der Waals surface area contributed by atoms with Crippen LogP contribution in [0.1, 0.15) is 51.0 Å². The zero-order valence-corrected chi connectivity index (χ0v) is 14.3. The quantitative estimate of drug-likeness (QED) is 0.857. The van der Waals surface area contributed by atoms with Crippen LogP contribution in [-0.4, -0.2) is 18.6 Å². The van der Waals surface area contributed by atoms with E-state index in [1.165, 1.54) is 50.8 Å². The third-order valence-corrected chi connectivity index (χ3v) is 4.99. The van der Waals surface area contributed by atoms with Crippen molar-refractivity contribution in [3.05, 3.63) is 35.4 Å². The molecule has 130 valence electrons. The molecular weight excluding hydrogens is 294 g/mol. The highest BCUT2D eigenvalue weighted by Gasteiger charge is 2.31. The number of hydrogen-bond donors (Lipinski definition) is 2. The molecule has 1 heterocycles. The lowest BCUT2D eigenvalue weighted by atomic mass is 9.73. The van der Waals surface area contributed by atoms with Gasteiger partial charge >= 0.3 is 0 Å². The number of aryl methyl sites for hydroxylation is 1. The summed E-state index contributed by atoms with van der Waals surface area (Å²) in [5, 5.41) is 3.67. The molecule has 4 atom stereocenters. The normalized spacial score (nSPS) is 28.3. The second kappa shape index (κ2) is 8.74. The predicted octanol–water partition coefficient (Wildman–Crippen LogP) is 4.17. The van der Waals surface area contributed by atoms with Gasteiger partial charge in [-0.3, -0.25) is 0 Å². The van der Waals surface area contributed by atoms with Crippen molar-refractivity contribution in [1.29, 1.82) is 0 Å². The molecule has 1 aliphatic heterocycles. The van der Waals surface area contributed by atoms with Gasteiger partial charge in [0.15, 0.2) is 0 Å². The number of hydrogen-bond acceptors (Lipinski definition) is 2. The molecule has 4 unspecified atom stereocenters. The fourth-order valence-corrected chi connectivity index (χ4v) is 3.95. The summed E-state index contributed by atoms with van der Waals surface area (Å²) in [7, 11) is 0. The van der Waals surface area contributed by atoms with Crippen LogP contribution in [0.2, 0.25) is 0 Å². The number of halogens is 2. The average Bonchev–Trinajstić information content (AvgIpc) is 2.45. The molecule has 0 bridgehead atoms. The predicted molar refractivity (Wildman–Crippen MR) is 91.2 cm³/mol. The van der Waals surface area contributed by atoms with Crippen molar-refractivity contribution >= 4 is 0 Å². The maximum absolute atomic E-state index is 12.2. The van der Waals surface area contributed by atoms with Crippen LogP contribution in [-0.2, 0) is 0 Å². The van der Waals surface area contributed by atoms with Crippen LogP contribution in [0, 0.1) is 30.4 Å². The van der Waals surface area contributed by atoms with E-state index >= 15 is 0 Å². The molecule has 1 aromatic carbocycles. The molecular formula is C19H30F2N2. The molecule has 0 spiro atoms. The Bertz CT molecular complexity index is 440. The maximum atomic E-state index is 12.2. The van der Waals surface area contributed by atoms with Gasteiger partial charge in [-0.15, -0.1) is 0 Å². The van der Waals surface area contributed by atoms with Gasteiger partial charge in [0.1, 0.15) is 11.6 Å². The van der Waals surface area contributed by atoms with E-state index in [0.29, 0.717) is 17.6 Å². The molecule has 1 saturated heterocycles. The number of nitrogens with one attached hydrogen (secondary N) is 1. The van der Waals surface area contributed by atoms with Gasteiger partial charge in [0.05, 0.1) is 0 Å². The number of piperidine rings is 1. The summed E-state index contributed by atoms with van der Waals surface area (Å²) in [4.78, 5) is 0. The first-order valence-electron chi connectivity index (χ1n) is 8.85. The molecule has 2 aliphatic rings. The molecule has 4 heteroatoms. The molecule has 23 heavy (non-hydrogen) atoms. The summed E-state index contributed by atoms with van der Waals surface area (Å²) in [6.45, 7) is 5.02. The molecule has 1 saturated carbocycles. The Balaban J connectivity index is 0.000000185. The van der Waals surface area contributed by atoms with E-state index < -0.39 is 11.6 Å². The molecule has 1 aliphatic carbocycles. The van der Waals surface area contributed by atoms with Crippen molar-refractivity contribution in [2.75, 3.05) is 6.54 Å². The first-order valence-corrected chi connectivity index (χ1v) is 8.85. The van der Waals surface area contributed by atoms with Crippen molar-refractivity contribution in [3.8, 4) is 0 Å². The number of rotatable bonds is 2. The van der Waals surface area contributed by atoms with Gasteiger partial charge in [-0.2, -0.15) is 0 Å². The van der Waals surface area contributed by atoms with Crippen LogP contribution in [0.25, 0.3) is 0 Å². The van der Waals surface area contributed by atoms with Crippen molar-refractivity contribution in [3.63, 3.8) is 0 Å². The summed E-state index contributed by atoms with van der Waals surface area (Å²) in [6.07, 6.45) is 8.40. The minimum Gasteiger partial charge on any atom is -0.328 e. The number of nitrogens with two attached hydrogens (primary N) is 1. The van der Waals surface area contributed by atoms with Gasteiger partial charge in [-0.05, 0) is 69.2 Å². The molecule has 2 nitrogen and oxygen atoms in total. The second-order valence-electron chi connectivity index (χ2n) is 7.31. The number of fused-ring (bicyclic) bond motifs is 1. The maximum Gasteiger partial charge on any atom is 0.126 e. The first-order chi connectivity index (χ1) is 10.9. The summed E-state index contributed by atoms with van der Waals surface area (Å²) in [5.74, 6) is 0.946. The van der Waals surface area contributed by atoms with Gasteiger partial charge in [0, 0.05) is 18.2 Å². The molecule has 0 amide bonds. The van der Waals surface area contributed by atoms with Gasteiger partial charge < -0.3 is 11.1 Å². The topological polar surface area (TPSA) is 38.0 Å².